The van der Waals surface area contributed by atoms with Gasteiger partial charge in [-0.2, -0.15) is 0 Å². The summed E-state index contributed by atoms with van der Waals surface area (Å²) in [6, 6.07) is 0. The highest BCUT2D eigenvalue weighted by molar-refractivity contribution is 7.59. The second-order valence-corrected chi connectivity index (χ2v) is 4.81. The molecule has 4 nitrogen and oxygen atoms in total. The van der Waals surface area contributed by atoms with Gasteiger partial charge in [-0.25, -0.2) is 0 Å². The molecule has 10 heavy (non-hydrogen) atoms. The van der Waals surface area contributed by atoms with Crippen molar-refractivity contribution in [3.63, 3.8) is 0 Å². The minimum absolute atomic E-state index is 0.274. The largest absolute Gasteiger partial charge is 0.481 e. The number of rotatable bonds is 4. The van der Waals surface area contributed by atoms with Crippen LogP contribution in [0.2, 0.25) is 0 Å². The van der Waals surface area contributed by atoms with Crippen LogP contribution in [-0.4, -0.2) is 30.5 Å². The molecule has 0 radical (unpaired) electrons. The molecule has 0 aliphatic rings. The number of aliphatic carboxylic acids is 1. The lowest BCUT2D eigenvalue weighted by molar-refractivity contribution is -0.134. The van der Waals surface area contributed by atoms with E-state index in [4.69, 9.17) is 5.11 Å². The minimum atomic E-state index is -2.84. The van der Waals surface area contributed by atoms with E-state index in [0.717, 1.165) is 0 Å². The summed E-state index contributed by atoms with van der Waals surface area (Å²) in [6.45, 7) is 1.65. The molecule has 0 saturated carbocycles. The van der Waals surface area contributed by atoms with Crippen molar-refractivity contribution >= 4 is 13.3 Å². The van der Waals surface area contributed by atoms with Gasteiger partial charge in [0.05, 0.1) is 0 Å². The molecule has 0 saturated heterocycles. The summed E-state index contributed by atoms with van der Waals surface area (Å²) in [7, 11) is -1.57. The smallest absolute Gasteiger partial charge is 0.313 e. The third-order valence-electron chi connectivity index (χ3n) is 1.19. The maximum absolute atomic E-state index is 11.2. The lowest BCUT2D eigenvalue weighted by Gasteiger charge is -2.09. The molecule has 0 rings (SSSR count). The predicted molar refractivity (Wildman–Crippen MR) is 37.7 cm³/mol. The molecule has 0 aliphatic heterocycles. The van der Waals surface area contributed by atoms with Gasteiger partial charge in [0, 0.05) is 13.3 Å². The summed E-state index contributed by atoms with van der Waals surface area (Å²) in [4.78, 5) is 10.1. The van der Waals surface area contributed by atoms with Crippen molar-refractivity contribution in [2.45, 2.75) is 6.92 Å². The minimum Gasteiger partial charge on any atom is -0.481 e. The summed E-state index contributed by atoms with van der Waals surface area (Å²) >= 11 is 0. The molecule has 0 unspecified atom stereocenters. The topological polar surface area (TPSA) is 63.6 Å². The lowest BCUT2D eigenvalue weighted by Crippen LogP contribution is -2.05. The van der Waals surface area contributed by atoms with Crippen LogP contribution in [0.15, 0.2) is 0 Å². The molecule has 1 N–H and O–H groups in total. The number of carboxylic acid groups (broad SMARTS) is 1. The van der Waals surface area contributed by atoms with E-state index >= 15 is 0 Å². The van der Waals surface area contributed by atoms with Gasteiger partial charge in [0.15, 0.2) is 0 Å². The van der Waals surface area contributed by atoms with Crippen LogP contribution in [0.25, 0.3) is 0 Å². The van der Waals surface area contributed by atoms with Gasteiger partial charge < -0.3 is 9.63 Å². The molecule has 0 aromatic heterocycles. The molecule has 0 bridgehead atoms. The van der Waals surface area contributed by atoms with Gasteiger partial charge in [-0.05, 0) is 0 Å². The SMILES string of the molecule is CC[P@](=O)(CC(=O)O)OC. The summed E-state index contributed by atoms with van der Waals surface area (Å²) in [5.74, 6) is -1.08. The summed E-state index contributed by atoms with van der Waals surface area (Å²) in [5, 5.41) is 8.26. The lowest BCUT2D eigenvalue weighted by atomic mass is 10.8. The Morgan fingerprint density at radius 2 is 2.20 bits per heavy atom. The highest BCUT2D eigenvalue weighted by atomic mass is 31.2. The van der Waals surface area contributed by atoms with Crippen molar-refractivity contribution < 1.29 is 19.0 Å². The maximum Gasteiger partial charge on any atom is 0.313 e. The number of hydrogen-bond donors (Lipinski definition) is 1. The fraction of sp³-hybridized carbons (Fsp3) is 0.800. The monoisotopic (exact) mass is 166 g/mol. The first kappa shape index (κ1) is 9.66. The van der Waals surface area contributed by atoms with Crippen molar-refractivity contribution in [3.8, 4) is 0 Å². The van der Waals surface area contributed by atoms with Crippen molar-refractivity contribution in [1.29, 1.82) is 0 Å². The van der Waals surface area contributed by atoms with Gasteiger partial charge in [-0.3, -0.25) is 9.36 Å². The Bertz CT molecular complexity index is 157. The number of carbonyl (C=O) groups is 1. The first-order valence-electron chi connectivity index (χ1n) is 2.89. The average molecular weight is 166 g/mol. The fourth-order valence-electron chi connectivity index (χ4n) is 0.512. The molecule has 0 aliphatic carbocycles. The van der Waals surface area contributed by atoms with Gasteiger partial charge >= 0.3 is 5.97 Å². The van der Waals surface area contributed by atoms with E-state index in [9.17, 15) is 9.36 Å². The Kier molecular flexibility index (Phi) is 3.61. The normalized spacial score (nSPS) is 16.2. The Balaban J connectivity index is 4.07. The highest BCUT2D eigenvalue weighted by Crippen LogP contribution is 2.44. The van der Waals surface area contributed by atoms with Crippen molar-refractivity contribution in [3.05, 3.63) is 0 Å². The standard InChI is InChI=1S/C5H11O4P/c1-3-10(8,9-2)4-5(6)7/h3-4H2,1-2H3,(H,6,7)/t10-/m1/s1. The van der Waals surface area contributed by atoms with Crippen LogP contribution in [0.1, 0.15) is 6.92 Å². The Morgan fingerprint density at radius 3 is 2.30 bits per heavy atom. The third kappa shape index (κ3) is 2.99. The van der Waals surface area contributed by atoms with Crippen LogP contribution in [0, 0.1) is 0 Å². The Labute approximate surface area is 59.6 Å². The molecule has 0 spiro atoms. The average Bonchev–Trinajstić information content (AvgIpc) is 1.87. The molecular weight excluding hydrogens is 155 g/mol. The highest BCUT2D eigenvalue weighted by Gasteiger charge is 2.22. The zero-order valence-corrected chi connectivity index (χ0v) is 6.93. The molecular formula is C5H11O4P. The van der Waals surface area contributed by atoms with Crippen LogP contribution >= 0.6 is 7.37 Å². The van der Waals surface area contributed by atoms with Gasteiger partial charge in [-0.15, -0.1) is 0 Å². The molecule has 5 heteroatoms. The molecule has 0 aromatic rings. The van der Waals surface area contributed by atoms with Gasteiger partial charge in [0.1, 0.15) is 6.16 Å². The van der Waals surface area contributed by atoms with Gasteiger partial charge in [0.2, 0.25) is 7.37 Å². The number of carboxylic acids is 1. The molecule has 0 heterocycles. The second-order valence-electron chi connectivity index (χ2n) is 1.87. The molecule has 0 aromatic carbocycles. The maximum atomic E-state index is 11.2. The Hall–Kier alpha value is -0.340. The zero-order valence-electron chi connectivity index (χ0n) is 6.03. The molecule has 1 atom stereocenters. The molecule has 60 valence electrons. The first-order chi connectivity index (χ1) is 4.54. The quantitative estimate of drug-likeness (QED) is 0.633. The second kappa shape index (κ2) is 3.74. The summed E-state index contributed by atoms with van der Waals surface area (Å²) in [6.07, 6.45) is -0.101. The fourth-order valence-corrected chi connectivity index (χ4v) is 1.53. The third-order valence-corrected chi connectivity index (χ3v) is 3.57. The van der Waals surface area contributed by atoms with E-state index in [1.54, 1.807) is 6.92 Å². The summed E-state index contributed by atoms with van der Waals surface area (Å²) in [5.41, 5.74) is 0. The van der Waals surface area contributed by atoms with E-state index in [0.29, 0.717) is 0 Å². The van der Waals surface area contributed by atoms with Crippen LogP contribution in [0.4, 0.5) is 0 Å². The zero-order chi connectivity index (χ0) is 8.20. The van der Waals surface area contributed by atoms with E-state index in [2.05, 4.69) is 4.52 Å². The van der Waals surface area contributed by atoms with Crippen LogP contribution in [0.3, 0.4) is 0 Å². The van der Waals surface area contributed by atoms with Crippen molar-refractivity contribution in [2.24, 2.45) is 0 Å². The van der Waals surface area contributed by atoms with E-state index < -0.39 is 13.3 Å². The summed E-state index contributed by atoms with van der Waals surface area (Å²) < 4.78 is 15.7. The van der Waals surface area contributed by atoms with E-state index in [-0.39, 0.29) is 12.3 Å². The van der Waals surface area contributed by atoms with Crippen LogP contribution in [0.5, 0.6) is 0 Å². The Morgan fingerprint density at radius 1 is 1.70 bits per heavy atom. The first-order valence-corrected chi connectivity index (χ1v) is 4.89. The van der Waals surface area contributed by atoms with Gasteiger partial charge in [-0.1, -0.05) is 6.92 Å². The van der Waals surface area contributed by atoms with Gasteiger partial charge in [0.25, 0.3) is 0 Å². The van der Waals surface area contributed by atoms with Crippen molar-refractivity contribution in [1.82, 2.24) is 0 Å². The number of hydrogen-bond acceptors (Lipinski definition) is 3. The molecule has 0 amide bonds. The molecule has 0 fully saturated rings. The van der Waals surface area contributed by atoms with E-state index in [1.165, 1.54) is 7.11 Å². The van der Waals surface area contributed by atoms with Crippen molar-refractivity contribution in [2.75, 3.05) is 19.4 Å². The van der Waals surface area contributed by atoms with Crippen LogP contribution in [-0.2, 0) is 13.9 Å². The van der Waals surface area contributed by atoms with E-state index in [1.807, 2.05) is 0 Å². The van der Waals surface area contributed by atoms with Crippen LogP contribution < -0.4 is 0 Å². The predicted octanol–water partition coefficient (Wildman–Crippen LogP) is 1.02.